The van der Waals surface area contributed by atoms with Gasteiger partial charge in [-0.1, -0.05) is 11.6 Å². The van der Waals surface area contributed by atoms with Gasteiger partial charge in [-0.3, -0.25) is 0 Å². The molecule has 17 heavy (non-hydrogen) atoms. The second-order valence-corrected chi connectivity index (χ2v) is 5.93. The molecule has 0 aromatic carbocycles. The summed E-state index contributed by atoms with van der Waals surface area (Å²) >= 11 is 7.39. The highest BCUT2D eigenvalue weighted by molar-refractivity contribution is 7.15. The Morgan fingerprint density at radius 2 is 2.53 bits per heavy atom. The Kier molecular flexibility index (Phi) is 3.18. The lowest BCUT2D eigenvalue weighted by atomic mass is 9.93. The minimum absolute atomic E-state index is 0.389. The molecule has 2 heterocycles. The number of halogens is 1. The van der Waals surface area contributed by atoms with E-state index in [2.05, 4.69) is 16.4 Å². The fourth-order valence-corrected chi connectivity index (χ4v) is 3.19. The van der Waals surface area contributed by atoms with Gasteiger partial charge in [0.2, 0.25) is 0 Å². The van der Waals surface area contributed by atoms with Crippen molar-refractivity contribution in [1.82, 2.24) is 10.3 Å². The van der Waals surface area contributed by atoms with Gasteiger partial charge in [0.15, 0.2) is 0 Å². The topological polar surface area (TPSA) is 38.1 Å². The molecule has 0 aliphatic heterocycles. The van der Waals surface area contributed by atoms with E-state index in [9.17, 15) is 0 Å². The first-order valence-corrected chi connectivity index (χ1v) is 6.92. The molecule has 0 saturated carbocycles. The van der Waals surface area contributed by atoms with Gasteiger partial charge in [0.25, 0.3) is 0 Å². The molecule has 0 spiro atoms. The van der Waals surface area contributed by atoms with E-state index in [0.717, 1.165) is 34.5 Å². The lowest BCUT2D eigenvalue weighted by Gasteiger charge is -2.22. The molecule has 0 fully saturated rings. The molecular weight excluding hydrogens is 256 g/mol. The normalized spacial score (nSPS) is 19.2. The van der Waals surface area contributed by atoms with Crippen molar-refractivity contribution in [2.45, 2.75) is 31.8 Å². The quantitative estimate of drug-likeness (QED) is 0.925. The van der Waals surface area contributed by atoms with Gasteiger partial charge in [0, 0.05) is 24.6 Å². The van der Waals surface area contributed by atoms with Gasteiger partial charge in [-0.25, -0.2) is 4.98 Å². The molecule has 3 rings (SSSR count). The molecule has 90 valence electrons. The first-order chi connectivity index (χ1) is 8.33. The molecule has 0 saturated heterocycles. The third kappa shape index (κ3) is 2.39. The Bertz CT molecular complexity index is 508. The molecule has 2 aromatic rings. The van der Waals surface area contributed by atoms with E-state index in [1.54, 1.807) is 12.5 Å². The second-order valence-electron chi connectivity index (χ2n) is 4.18. The summed E-state index contributed by atoms with van der Waals surface area (Å²) in [6, 6.07) is 2.46. The average molecular weight is 269 g/mol. The summed E-state index contributed by atoms with van der Waals surface area (Å²) in [5, 5.41) is 4.56. The summed E-state index contributed by atoms with van der Waals surface area (Å²) in [6.45, 7) is 0.771. The highest BCUT2D eigenvalue weighted by Gasteiger charge is 2.22. The Labute approximate surface area is 109 Å². The maximum Gasteiger partial charge on any atom is 0.113 e. The van der Waals surface area contributed by atoms with Gasteiger partial charge in [-0.05, 0) is 18.9 Å². The first-order valence-electron chi connectivity index (χ1n) is 5.73. The van der Waals surface area contributed by atoms with E-state index in [1.807, 2.05) is 0 Å². The Balaban J connectivity index is 1.67. The molecule has 0 radical (unpaired) electrons. The van der Waals surface area contributed by atoms with Crippen LogP contribution in [0.1, 0.15) is 35.2 Å². The maximum absolute atomic E-state index is 5.86. The van der Waals surface area contributed by atoms with Crippen molar-refractivity contribution in [3.05, 3.63) is 39.2 Å². The molecule has 2 aromatic heterocycles. The van der Waals surface area contributed by atoms with Crippen molar-refractivity contribution in [1.29, 1.82) is 0 Å². The molecule has 1 aliphatic carbocycles. The van der Waals surface area contributed by atoms with E-state index in [1.165, 1.54) is 23.3 Å². The van der Waals surface area contributed by atoms with E-state index >= 15 is 0 Å². The zero-order chi connectivity index (χ0) is 11.7. The molecule has 3 nitrogen and oxygen atoms in total. The SMILES string of the molecule is Clc1cnc(CNC2CCCc3occc32)s1. The van der Waals surface area contributed by atoms with Gasteiger partial charge >= 0.3 is 0 Å². The number of hydrogen-bond acceptors (Lipinski definition) is 4. The fourth-order valence-electron chi connectivity index (χ4n) is 2.28. The number of rotatable bonds is 3. The number of nitrogens with zero attached hydrogens (tertiary/aromatic N) is 1. The number of fused-ring (bicyclic) bond motifs is 1. The van der Waals surface area contributed by atoms with Gasteiger partial charge < -0.3 is 9.73 Å². The Morgan fingerprint density at radius 3 is 3.35 bits per heavy atom. The first kappa shape index (κ1) is 11.3. The van der Waals surface area contributed by atoms with Crippen molar-refractivity contribution in [2.24, 2.45) is 0 Å². The lowest BCUT2D eigenvalue weighted by Crippen LogP contribution is -2.23. The summed E-state index contributed by atoms with van der Waals surface area (Å²) < 4.78 is 6.21. The number of thiazole rings is 1. The second kappa shape index (κ2) is 4.80. The monoisotopic (exact) mass is 268 g/mol. The average Bonchev–Trinajstić information content (AvgIpc) is 2.94. The summed E-state index contributed by atoms with van der Waals surface area (Å²) in [7, 11) is 0. The number of aromatic nitrogens is 1. The lowest BCUT2D eigenvalue weighted by molar-refractivity contribution is 0.410. The fraction of sp³-hybridized carbons (Fsp3) is 0.417. The van der Waals surface area contributed by atoms with Crippen LogP contribution in [0.3, 0.4) is 0 Å². The van der Waals surface area contributed by atoms with Crippen LogP contribution in [0.4, 0.5) is 0 Å². The molecule has 1 unspecified atom stereocenters. The number of furan rings is 1. The Morgan fingerprint density at radius 1 is 1.59 bits per heavy atom. The van der Waals surface area contributed by atoms with Crippen molar-refractivity contribution in [3.8, 4) is 0 Å². The van der Waals surface area contributed by atoms with Crippen molar-refractivity contribution in [2.75, 3.05) is 0 Å². The zero-order valence-corrected chi connectivity index (χ0v) is 10.9. The molecule has 1 N–H and O–H groups in total. The summed E-state index contributed by atoms with van der Waals surface area (Å²) in [5.41, 5.74) is 1.30. The number of hydrogen-bond donors (Lipinski definition) is 1. The summed E-state index contributed by atoms with van der Waals surface area (Å²) in [6.07, 6.45) is 6.88. The van der Waals surface area contributed by atoms with E-state index in [-0.39, 0.29) is 0 Å². The van der Waals surface area contributed by atoms with Crippen LogP contribution in [0.15, 0.2) is 22.9 Å². The third-order valence-electron chi connectivity index (χ3n) is 3.08. The van der Waals surface area contributed by atoms with Crippen molar-refractivity contribution >= 4 is 22.9 Å². The predicted molar refractivity (Wildman–Crippen MR) is 68.4 cm³/mol. The van der Waals surface area contributed by atoms with Crippen LogP contribution < -0.4 is 5.32 Å². The predicted octanol–water partition coefficient (Wildman–Crippen LogP) is 3.56. The number of aryl methyl sites for hydroxylation is 1. The van der Waals surface area contributed by atoms with Gasteiger partial charge in [0.05, 0.1) is 12.5 Å². The largest absolute Gasteiger partial charge is 0.469 e. The van der Waals surface area contributed by atoms with Gasteiger partial charge in [0.1, 0.15) is 15.1 Å². The van der Waals surface area contributed by atoms with Crippen LogP contribution in [0.5, 0.6) is 0 Å². The summed E-state index contributed by atoms with van der Waals surface area (Å²) in [4.78, 5) is 4.24. The minimum Gasteiger partial charge on any atom is -0.469 e. The number of nitrogens with one attached hydrogen (secondary N) is 1. The summed E-state index contributed by atoms with van der Waals surface area (Å²) in [5.74, 6) is 1.13. The van der Waals surface area contributed by atoms with E-state index < -0.39 is 0 Å². The highest BCUT2D eigenvalue weighted by Crippen LogP contribution is 2.30. The molecule has 0 amide bonds. The smallest absolute Gasteiger partial charge is 0.113 e. The van der Waals surface area contributed by atoms with Crippen molar-refractivity contribution < 1.29 is 4.42 Å². The van der Waals surface area contributed by atoms with Crippen LogP contribution in [-0.2, 0) is 13.0 Å². The van der Waals surface area contributed by atoms with E-state index in [0.29, 0.717) is 6.04 Å². The van der Waals surface area contributed by atoms with Gasteiger partial charge in [-0.2, -0.15) is 0 Å². The van der Waals surface area contributed by atoms with Gasteiger partial charge in [-0.15, -0.1) is 11.3 Å². The van der Waals surface area contributed by atoms with E-state index in [4.69, 9.17) is 16.0 Å². The van der Waals surface area contributed by atoms with Crippen LogP contribution in [-0.4, -0.2) is 4.98 Å². The maximum atomic E-state index is 5.86. The van der Waals surface area contributed by atoms with Crippen LogP contribution in [0.25, 0.3) is 0 Å². The molecule has 0 bridgehead atoms. The molecule has 5 heteroatoms. The van der Waals surface area contributed by atoms with Crippen molar-refractivity contribution in [3.63, 3.8) is 0 Å². The molecule has 1 atom stereocenters. The van der Waals surface area contributed by atoms with Crippen LogP contribution in [0, 0.1) is 0 Å². The minimum atomic E-state index is 0.389. The standard InChI is InChI=1S/C12H13ClN2OS/c13-11-6-15-12(17-11)7-14-9-2-1-3-10-8(9)4-5-16-10/h4-6,9,14H,1-3,7H2. The van der Waals surface area contributed by atoms with Crippen LogP contribution >= 0.6 is 22.9 Å². The molecule has 1 aliphatic rings. The zero-order valence-electron chi connectivity index (χ0n) is 9.28. The highest BCUT2D eigenvalue weighted by atomic mass is 35.5. The molecular formula is C12H13ClN2OS. The Hall–Kier alpha value is -0.840. The third-order valence-corrected chi connectivity index (χ3v) is 4.19. The van der Waals surface area contributed by atoms with Crippen LogP contribution in [0.2, 0.25) is 4.34 Å².